The third-order valence-electron chi connectivity index (χ3n) is 3.82. The maximum absolute atomic E-state index is 5.81. The fraction of sp³-hybridized carbons (Fsp3) is 0.333. The molecule has 0 aliphatic carbocycles. The number of ether oxygens (including phenoxy) is 1. The van der Waals surface area contributed by atoms with Gasteiger partial charge in [-0.25, -0.2) is 0 Å². The molecule has 3 aromatic rings. The second-order valence-corrected chi connectivity index (χ2v) is 6.52. The second-order valence-electron chi connectivity index (χ2n) is 5.45. The van der Waals surface area contributed by atoms with Gasteiger partial charge in [-0.3, -0.25) is 0 Å². The molecular weight excluding hydrogens is 322 g/mol. The lowest BCUT2D eigenvalue weighted by atomic mass is 10.2. The molecule has 0 spiro atoms. The van der Waals surface area contributed by atoms with Gasteiger partial charge in [0.2, 0.25) is 0 Å². The first-order valence-electron chi connectivity index (χ1n) is 7.97. The summed E-state index contributed by atoms with van der Waals surface area (Å²) in [4.78, 5) is 0. The van der Waals surface area contributed by atoms with Gasteiger partial charge in [0.25, 0.3) is 0 Å². The van der Waals surface area contributed by atoms with Crippen LogP contribution in [0.3, 0.4) is 0 Å². The molecule has 126 valence electrons. The topological polar surface area (TPSA) is 53.1 Å². The van der Waals surface area contributed by atoms with Gasteiger partial charge in [0.15, 0.2) is 11.0 Å². The number of aromatic nitrogens is 3. The minimum Gasteiger partial charge on any atom is -0.493 e. The fourth-order valence-corrected chi connectivity index (χ4v) is 3.17. The number of rotatable bonds is 7. The minimum absolute atomic E-state index is 0.630. The van der Waals surface area contributed by atoms with Crippen LogP contribution in [-0.2, 0) is 13.5 Å². The quantitative estimate of drug-likeness (QED) is 0.477. The van der Waals surface area contributed by atoms with Crippen molar-refractivity contribution in [3.8, 4) is 17.1 Å². The molecule has 2 heterocycles. The van der Waals surface area contributed by atoms with Crippen molar-refractivity contribution in [2.75, 3.05) is 12.4 Å². The third kappa shape index (κ3) is 3.64. The van der Waals surface area contributed by atoms with Crippen LogP contribution in [-0.4, -0.2) is 27.1 Å². The molecule has 0 aliphatic rings. The van der Waals surface area contributed by atoms with E-state index in [0.29, 0.717) is 6.61 Å². The van der Waals surface area contributed by atoms with E-state index in [1.165, 1.54) is 5.56 Å². The highest BCUT2D eigenvalue weighted by Gasteiger charge is 2.14. The van der Waals surface area contributed by atoms with Crippen LogP contribution in [0.1, 0.15) is 18.2 Å². The van der Waals surface area contributed by atoms with Gasteiger partial charge in [0.1, 0.15) is 11.5 Å². The van der Waals surface area contributed by atoms with Crippen LogP contribution in [0.5, 0.6) is 5.75 Å². The molecule has 0 aliphatic heterocycles. The number of nitrogens with zero attached hydrogens (tertiary/aromatic N) is 3. The van der Waals surface area contributed by atoms with Crippen LogP contribution in [0, 0.1) is 6.92 Å². The summed E-state index contributed by atoms with van der Waals surface area (Å²) in [5.41, 5.74) is 2.26. The lowest BCUT2D eigenvalue weighted by Crippen LogP contribution is -2.02. The van der Waals surface area contributed by atoms with E-state index >= 15 is 0 Å². The van der Waals surface area contributed by atoms with Crippen molar-refractivity contribution in [3.05, 3.63) is 47.9 Å². The average molecular weight is 343 g/mol. The first-order chi connectivity index (χ1) is 11.7. The van der Waals surface area contributed by atoms with Crippen molar-refractivity contribution in [2.24, 2.45) is 7.05 Å². The Labute approximate surface area is 146 Å². The maximum Gasteiger partial charge on any atom is 0.191 e. The van der Waals surface area contributed by atoms with Crippen LogP contribution in [0.2, 0.25) is 0 Å². The third-order valence-corrected chi connectivity index (χ3v) is 4.81. The van der Waals surface area contributed by atoms with Gasteiger partial charge < -0.3 is 13.7 Å². The van der Waals surface area contributed by atoms with Crippen LogP contribution in [0.15, 0.2) is 46.2 Å². The number of hydrogen-bond donors (Lipinski definition) is 0. The molecule has 0 atom stereocenters. The summed E-state index contributed by atoms with van der Waals surface area (Å²) >= 11 is 1.63. The second kappa shape index (κ2) is 7.57. The highest BCUT2D eigenvalue weighted by Crippen LogP contribution is 2.25. The summed E-state index contributed by atoms with van der Waals surface area (Å²) in [6, 6.07) is 10.1. The summed E-state index contributed by atoms with van der Waals surface area (Å²) in [6.45, 7) is 4.70. The Bertz CT molecular complexity index is 810. The zero-order valence-electron chi connectivity index (χ0n) is 14.2. The van der Waals surface area contributed by atoms with E-state index in [1.807, 2.05) is 36.7 Å². The van der Waals surface area contributed by atoms with Gasteiger partial charge in [-0.2, -0.15) is 0 Å². The Kier molecular flexibility index (Phi) is 5.25. The smallest absolute Gasteiger partial charge is 0.191 e. The molecule has 5 nitrogen and oxygen atoms in total. The zero-order chi connectivity index (χ0) is 16.9. The Morgan fingerprint density at radius 1 is 1.25 bits per heavy atom. The standard InChI is InChI=1S/C18H21N3O2S/c1-4-14-6-5-7-15(12-14)23-10-11-24-18-20-19-17(21(18)3)16-8-9-22-13(16)2/h5-9,12H,4,10-11H2,1-3H3. The van der Waals surface area contributed by atoms with Crippen molar-refractivity contribution in [2.45, 2.75) is 25.4 Å². The molecule has 0 saturated carbocycles. The lowest BCUT2D eigenvalue weighted by molar-refractivity contribution is 0.343. The monoisotopic (exact) mass is 343 g/mol. The first-order valence-corrected chi connectivity index (χ1v) is 8.96. The predicted molar refractivity (Wildman–Crippen MR) is 95.5 cm³/mol. The number of hydrogen-bond acceptors (Lipinski definition) is 5. The Hall–Kier alpha value is -2.21. The van der Waals surface area contributed by atoms with E-state index < -0.39 is 0 Å². The summed E-state index contributed by atoms with van der Waals surface area (Å²) in [7, 11) is 1.97. The Morgan fingerprint density at radius 2 is 2.12 bits per heavy atom. The molecule has 0 bridgehead atoms. The van der Waals surface area contributed by atoms with E-state index in [-0.39, 0.29) is 0 Å². The molecule has 0 saturated heterocycles. The van der Waals surface area contributed by atoms with E-state index in [2.05, 4.69) is 29.3 Å². The number of furan rings is 1. The molecule has 0 radical (unpaired) electrons. The maximum atomic E-state index is 5.81. The molecule has 0 fully saturated rings. The van der Waals surface area contributed by atoms with Gasteiger partial charge in [-0.05, 0) is 37.1 Å². The highest BCUT2D eigenvalue weighted by molar-refractivity contribution is 7.99. The minimum atomic E-state index is 0.630. The zero-order valence-corrected chi connectivity index (χ0v) is 15.0. The van der Waals surface area contributed by atoms with Gasteiger partial charge in [0.05, 0.1) is 18.4 Å². The molecule has 0 unspecified atom stereocenters. The number of thioether (sulfide) groups is 1. The largest absolute Gasteiger partial charge is 0.493 e. The molecule has 0 N–H and O–H groups in total. The molecule has 1 aromatic carbocycles. The fourth-order valence-electron chi connectivity index (χ4n) is 2.44. The molecule has 24 heavy (non-hydrogen) atoms. The summed E-state index contributed by atoms with van der Waals surface area (Å²) in [5.74, 6) is 3.40. The van der Waals surface area contributed by atoms with Gasteiger partial charge in [-0.1, -0.05) is 30.8 Å². The van der Waals surface area contributed by atoms with Gasteiger partial charge in [-0.15, -0.1) is 10.2 Å². The van der Waals surface area contributed by atoms with E-state index in [1.54, 1.807) is 18.0 Å². The average Bonchev–Trinajstić information content (AvgIpc) is 3.17. The Morgan fingerprint density at radius 3 is 2.88 bits per heavy atom. The number of benzene rings is 1. The molecule has 2 aromatic heterocycles. The molecular formula is C18H21N3O2S. The lowest BCUT2D eigenvalue weighted by Gasteiger charge is -2.07. The summed E-state index contributed by atoms with van der Waals surface area (Å²) < 4.78 is 13.1. The van der Waals surface area contributed by atoms with Crippen molar-refractivity contribution in [1.82, 2.24) is 14.8 Å². The number of aryl methyl sites for hydroxylation is 2. The predicted octanol–water partition coefficient (Wildman–Crippen LogP) is 4.12. The van der Waals surface area contributed by atoms with Crippen LogP contribution >= 0.6 is 11.8 Å². The van der Waals surface area contributed by atoms with Crippen LogP contribution in [0.4, 0.5) is 0 Å². The molecule has 0 amide bonds. The van der Waals surface area contributed by atoms with Crippen LogP contribution in [0.25, 0.3) is 11.4 Å². The molecule has 6 heteroatoms. The van der Waals surface area contributed by atoms with E-state index in [0.717, 1.165) is 40.2 Å². The van der Waals surface area contributed by atoms with Crippen molar-refractivity contribution >= 4 is 11.8 Å². The van der Waals surface area contributed by atoms with Gasteiger partial charge >= 0.3 is 0 Å². The van der Waals surface area contributed by atoms with Gasteiger partial charge in [0, 0.05) is 12.8 Å². The van der Waals surface area contributed by atoms with Crippen molar-refractivity contribution in [3.63, 3.8) is 0 Å². The molecule has 3 rings (SSSR count). The van der Waals surface area contributed by atoms with E-state index in [9.17, 15) is 0 Å². The summed E-state index contributed by atoms with van der Waals surface area (Å²) in [6.07, 6.45) is 2.69. The van der Waals surface area contributed by atoms with Crippen molar-refractivity contribution in [1.29, 1.82) is 0 Å². The summed E-state index contributed by atoms with van der Waals surface area (Å²) in [5, 5.41) is 9.41. The van der Waals surface area contributed by atoms with Crippen LogP contribution < -0.4 is 4.74 Å². The Balaban J connectivity index is 1.56. The van der Waals surface area contributed by atoms with E-state index in [4.69, 9.17) is 9.15 Å². The van der Waals surface area contributed by atoms with Crippen molar-refractivity contribution < 1.29 is 9.15 Å². The SMILES string of the molecule is CCc1cccc(OCCSc2nnc(-c3ccoc3C)n2C)c1. The highest BCUT2D eigenvalue weighted by atomic mass is 32.2. The normalized spacial score (nSPS) is 11.0. The first kappa shape index (κ1) is 16.6.